The molecular weight excluding hydrogens is 592 g/mol. The van der Waals surface area contributed by atoms with Gasteiger partial charge in [0, 0.05) is 22.9 Å². The lowest BCUT2D eigenvalue weighted by Crippen LogP contribution is -2.71. The number of nitrogens with two attached hydrogens (primary N) is 3. The molecule has 4 heterocycles. The molecule has 2 aliphatic rings. The van der Waals surface area contributed by atoms with E-state index in [0.717, 1.165) is 28.4 Å². The summed E-state index contributed by atoms with van der Waals surface area (Å²) in [5.74, 6) is -3.63. The number of β-lactam (4-membered cyclic amide) rings is 1. The van der Waals surface area contributed by atoms with Crippen molar-refractivity contribution in [2.45, 2.75) is 50.3 Å². The fourth-order valence-electron chi connectivity index (χ4n) is 4.24. The van der Waals surface area contributed by atoms with Crippen molar-refractivity contribution in [2.75, 3.05) is 23.8 Å². The van der Waals surface area contributed by atoms with E-state index in [-0.39, 0.29) is 29.0 Å². The number of anilines is 2. The van der Waals surface area contributed by atoms with Crippen molar-refractivity contribution in [3.05, 3.63) is 28.9 Å². The summed E-state index contributed by atoms with van der Waals surface area (Å²) in [6.07, 6.45) is 3.25. The number of aromatic nitrogens is 4. The van der Waals surface area contributed by atoms with Crippen LogP contribution in [-0.4, -0.2) is 87.9 Å². The summed E-state index contributed by atoms with van der Waals surface area (Å²) in [7, 11) is 1.76. The lowest BCUT2D eigenvalue weighted by molar-refractivity contribution is -0.765. The Morgan fingerprint density at radius 1 is 1.31 bits per heavy atom. The van der Waals surface area contributed by atoms with E-state index in [1.165, 1.54) is 25.6 Å². The molecule has 0 aromatic carbocycles. The molecule has 2 aliphatic heterocycles. The Kier molecular flexibility index (Phi) is 8.73. The fourth-order valence-corrected chi connectivity index (χ4v) is 6.01. The van der Waals surface area contributed by atoms with Gasteiger partial charge in [-0.05, 0) is 33.2 Å². The number of carboxylic acids is 2. The Balaban J connectivity index is 1.55. The van der Waals surface area contributed by atoms with Crippen LogP contribution in [0.2, 0.25) is 0 Å². The number of amides is 2. The van der Waals surface area contributed by atoms with Crippen LogP contribution in [0.5, 0.6) is 0 Å². The first-order valence-electron chi connectivity index (χ1n) is 12.6. The number of nitrogens with zero attached hydrogens (tertiary/aromatic N) is 6. The summed E-state index contributed by atoms with van der Waals surface area (Å²) >= 11 is 2.05. The van der Waals surface area contributed by atoms with Crippen LogP contribution in [-0.2, 0) is 44.0 Å². The highest BCUT2D eigenvalue weighted by Crippen LogP contribution is 2.40. The van der Waals surface area contributed by atoms with Crippen LogP contribution < -0.4 is 27.2 Å². The molecule has 2 unspecified atom stereocenters. The molecule has 0 radical (unpaired) electrons. The zero-order valence-corrected chi connectivity index (χ0v) is 24.6. The van der Waals surface area contributed by atoms with Gasteiger partial charge in [0.05, 0.1) is 12.6 Å². The van der Waals surface area contributed by atoms with Gasteiger partial charge in [-0.3, -0.25) is 14.5 Å². The number of nitrogens with one attached hydrogen (secondary N) is 1. The van der Waals surface area contributed by atoms with Crippen molar-refractivity contribution in [3.8, 4) is 0 Å². The van der Waals surface area contributed by atoms with E-state index < -0.39 is 46.5 Å². The Morgan fingerprint density at radius 3 is 2.62 bits per heavy atom. The van der Waals surface area contributed by atoms with Gasteiger partial charge in [0.2, 0.25) is 23.3 Å². The lowest BCUT2D eigenvalue weighted by atomic mass is 10.0. The Labute approximate surface area is 247 Å². The number of nitrogen functional groups attached to an aromatic ring is 2. The molecule has 17 nitrogen and oxygen atoms in total. The van der Waals surface area contributed by atoms with E-state index in [0.29, 0.717) is 24.4 Å². The molecular formula is C23H31N10O7S2+. The number of thioether (sulfide) groups is 1. The molecule has 2 atom stereocenters. The van der Waals surface area contributed by atoms with E-state index in [2.05, 4.69) is 19.8 Å². The molecule has 0 saturated carbocycles. The number of aliphatic carboxylic acids is 2. The minimum absolute atomic E-state index is 0.0184. The highest BCUT2D eigenvalue weighted by Gasteiger charge is 2.55. The third-order valence-electron chi connectivity index (χ3n) is 6.66. The molecule has 0 spiro atoms. The molecule has 9 N–H and O–H groups in total. The van der Waals surface area contributed by atoms with Gasteiger partial charge in [0.15, 0.2) is 17.5 Å². The zero-order chi connectivity index (χ0) is 30.9. The summed E-state index contributed by atoms with van der Waals surface area (Å²) in [4.78, 5) is 60.3. The third-order valence-corrected chi connectivity index (χ3v) is 8.54. The van der Waals surface area contributed by atoms with Gasteiger partial charge in [-0.2, -0.15) is 9.36 Å². The molecule has 1 fully saturated rings. The first-order chi connectivity index (χ1) is 19.8. The summed E-state index contributed by atoms with van der Waals surface area (Å²) < 4.78 is 7.42. The van der Waals surface area contributed by atoms with Crippen molar-refractivity contribution in [1.82, 2.24) is 24.3 Å². The largest absolute Gasteiger partial charge is 0.478 e. The smallest absolute Gasteiger partial charge is 0.352 e. The Bertz CT molecular complexity index is 1500. The van der Waals surface area contributed by atoms with Gasteiger partial charge in [-0.1, -0.05) is 5.16 Å². The number of hydrogen-bond acceptors (Lipinski definition) is 13. The first-order valence-corrected chi connectivity index (χ1v) is 14.4. The van der Waals surface area contributed by atoms with E-state index in [9.17, 15) is 29.4 Å². The fraction of sp³-hybridized carbons (Fsp3) is 0.478. The second-order valence-corrected chi connectivity index (χ2v) is 11.9. The maximum Gasteiger partial charge on any atom is 0.352 e. The topological polar surface area (TPSA) is 258 Å². The molecule has 0 aliphatic carbocycles. The molecule has 226 valence electrons. The van der Waals surface area contributed by atoms with Gasteiger partial charge < -0.3 is 37.6 Å². The number of aryl methyl sites for hydroxylation is 1. The van der Waals surface area contributed by atoms with Gasteiger partial charge in [-0.15, -0.1) is 21.1 Å². The van der Waals surface area contributed by atoms with Crippen LogP contribution in [0, 0.1) is 0 Å². The highest BCUT2D eigenvalue weighted by molar-refractivity contribution is 8.00. The van der Waals surface area contributed by atoms with E-state index >= 15 is 0 Å². The zero-order valence-electron chi connectivity index (χ0n) is 22.9. The standard InChI is InChI=1S/C23H30N10O7S2/c1-23(2,21(38)39)40-29-12(16-28-22(26)42-30-16)17(34)27-13-18(35)33-14(20(36)37)11(9-41-19(13)33)8-32-7-10(5-4-6-24)15(25)31(32)3/h7,13,19,25H,4-6,8-9,24H2,1-3H3,(H5,26,27,28,30,34,36,37,38,39)/p+1/b29-12-. The van der Waals surface area contributed by atoms with E-state index in [1.54, 1.807) is 16.4 Å². The van der Waals surface area contributed by atoms with E-state index in [4.69, 9.17) is 22.0 Å². The summed E-state index contributed by atoms with van der Waals surface area (Å²) in [6.45, 7) is 3.13. The van der Waals surface area contributed by atoms with Crippen LogP contribution in [0.1, 0.15) is 31.7 Å². The average molecular weight is 624 g/mol. The number of carbonyl (C=O) groups excluding carboxylic acids is 2. The van der Waals surface area contributed by atoms with Crippen LogP contribution in [0.15, 0.2) is 22.6 Å². The number of carboxylic acid groups (broad SMARTS) is 2. The molecule has 2 aromatic heterocycles. The van der Waals surface area contributed by atoms with Gasteiger partial charge >= 0.3 is 11.9 Å². The molecule has 0 bridgehead atoms. The normalized spacial score (nSPS) is 18.9. The predicted octanol–water partition coefficient (Wildman–Crippen LogP) is -1.76. The Hall–Kier alpha value is -4.23. The highest BCUT2D eigenvalue weighted by atomic mass is 32.2. The summed E-state index contributed by atoms with van der Waals surface area (Å²) in [6, 6.07) is -1.10. The lowest BCUT2D eigenvalue weighted by Gasteiger charge is -2.49. The average Bonchev–Trinajstić information content (AvgIpc) is 3.47. The predicted molar refractivity (Wildman–Crippen MR) is 151 cm³/mol. The van der Waals surface area contributed by atoms with Crippen molar-refractivity contribution in [3.63, 3.8) is 0 Å². The number of fused-ring (bicyclic) bond motifs is 1. The maximum absolute atomic E-state index is 13.2. The van der Waals surface area contributed by atoms with Crippen molar-refractivity contribution < 1.29 is 38.9 Å². The van der Waals surface area contributed by atoms with Crippen molar-refractivity contribution in [1.29, 1.82) is 0 Å². The van der Waals surface area contributed by atoms with Crippen LogP contribution in [0.4, 0.5) is 10.9 Å². The number of carbonyl (C=O) groups is 4. The first kappa shape index (κ1) is 30.7. The Morgan fingerprint density at radius 2 is 2.02 bits per heavy atom. The van der Waals surface area contributed by atoms with Gasteiger partial charge in [-0.25, -0.2) is 9.59 Å². The van der Waals surface area contributed by atoms with Crippen LogP contribution in [0.3, 0.4) is 0 Å². The van der Waals surface area contributed by atoms with Crippen LogP contribution >= 0.6 is 23.3 Å². The SMILES string of the molecule is Cn1c(N)c(CCCN)c[n+]1CC1=C(C(=O)O)N2C(=O)C(NC(=O)/C(=N\OC(C)(C)C(=O)O)c3nsc(N)n3)C2SC1. The second-order valence-electron chi connectivity index (χ2n) is 9.97. The quantitative estimate of drug-likeness (QED) is 0.0664. The molecule has 42 heavy (non-hydrogen) atoms. The van der Waals surface area contributed by atoms with Crippen LogP contribution in [0.25, 0.3) is 0 Å². The van der Waals surface area contributed by atoms with Crippen molar-refractivity contribution in [2.24, 2.45) is 17.9 Å². The minimum Gasteiger partial charge on any atom is -0.478 e. The monoisotopic (exact) mass is 623 g/mol. The second kappa shape index (κ2) is 11.9. The number of hydrogen-bond donors (Lipinski definition) is 6. The van der Waals surface area contributed by atoms with Crippen molar-refractivity contribution >= 4 is 63.7 Å². The number of oxime groups is 1. The molecule has 19 heteroatoms. The molecule has 4 rings (SSSR count). The van der Waals surface area contributed by atoms with E-state index in [1.807, 2.05) is 6.20 Å². The summed E-state index contributed by atoms with van der Waals surface area (Å²) in [5, 5.41) is 24.9. The third kappa shape index (κ3) is 5.88. The minimum atomic E-state index is -1.79. The molecule has 2 aromatic rings. The summed E-state index contributed by atoms with van der Waals surface area (Å²) in [5.41, 5.74) is 16.4. The van der Waals surface area contributed by atoms with Gasteiger partial charge in [0.25, 0.3) is 11.8 Å². The maximum atomic E-state index is 13.2. The molecule has 1 saturated heterocycles. The number of rotatable bonds is 12. The van der Waals surface area contributed by atoms with Gasteiger partial charge in [0.1, 0.15) is 17.1 Å². The molecule has 2 amide bonds.